The zero-order valence-electron chi connectivity index (χ0n) is 14.7. The van der Waals surface area contributed by atoms with E-state index in [1.165, 1.54) is 4.90 Å². The SMILES string of the molecule is CN(Cc1ccccc1)C(=O)OC1Cc2cc(Cl)cc(-c3ccsc3)c2O1. The fraction of sp³-hybridized carbons (Fsp3) is 0.190. The zero-order valence-corrected chi connectivity index (χ0v) is 16.3. The van der Waals surface area contributed by atoms with Gasteiger partial charge in [-0.05, 0) is 40.1 Å². The number of hydrogen-bond donors (Lipinski definition) is 0. The summed E-state index contributed by atoms with van der Waals surface area (Å²) in [5.74, 6) is 0.737. The largest absolute Gasteiger partial charge is 0.453 e. The number of rotatable bonds is 4. The van der Waals surface area contributed by atoms with E-state index in [1.807, 2.05) is 59.3 Å². The summed E-state index contributed by atoms with van der Waals surface area (Å²) in [6.45, 7) is 0.478. The van der Waals surface area contributed by atoms with Gasteiger partial charge in [-0.3, -0.25) is 0 Å². The van der Waals surface area contributed by atoms with Gasteiger partial charge in [-0.25, -0.2) is 4.79 Å². The summed E-state index contributed by atoms with van der Waals surface area (Å²) in [6, 6.07) is 15.6. The van der Waals surface area contributed by atoms with E-state index < -0.39 is 12.4 Å². The Morgan fingerprint density at radius 2 is 2.11 bits per heavy atom. The van der Waals surface area contributed by atoms with E-state index >= 15 is 0 Å². The number of hydrogen-bond acceptors (Lipinski definition) is 4. The number of halogens is 1. The van der Waals surface area contributed by atoms with Crippen LogP contribution in [0, 0.1) is 0 Å². The number of amides is 1. The van der Waals surface area contributed by atoms with Crippen molar-refractivity contribution in [1.29, 1.82) is 0 Å². The highest BCUT2D eigenvalue weighted by Gasteiger charge is 2.30. The molecule has 0 spiro atoms. The first kappa shape index (κ1) is 17.9. The molecule has 6 heteroatoms. The molecule has 0 N–H and O–H groups in total. The zero-order chi connectivity index (χ0) is 18.8. The van der Waals surface area contributed by atoms with Gasteiger partial charge in [-0.15, -0.1) is 0 Å². The van der Waals surface area contributed by atoms with Gasteiger partial charge in [0.05, 0.1) is 6.42 Å². The van der Waals surface area contributed by atoms with Crippen LogP contribution in [0.1, 0.15) is 11.1 Å². The molecule has 1 unspecified atom stereocenters. The third-order valence-corrected chi connectivity index (χ3v) is 5.31. The van der Waals surface area contributed by atoms with Crippen molar-refractivity contribution in [3.63, 3.8) is 0 Å². The van der Waals surface area contributed by atoms with Crippen molar-refractivity contribution in [3.05, 3.63) is 75.4 Å². The number of benzene rings is 2. The molecule has 0 saturated heterocycles. The number of fused-ring (bicyclic) bond motifs is 1. The smallest absolute Gasteiger partial charge is 0.412 e. The summed E-state index contributed by atoms with van der Waals surface area (Å²) < 4.78 is 11.5. The molecule has 0 aliphatic carbocycles. The van der Waals surface area contributed by atoms with Gasteiger partial charge in [-0.1, -0.05) is 41.9 Å². The van der Waals surface area contributed by atoms with Crippen LogP contribution >= 0.6 is 22.9 Å². The maximum Gasteiger partial charge on any atom is 0.412 e. The summed E-state index contributed by atoms with van der Waals surface area (Å²) >= 11 is 7.88. The number of carbonyl (C=O) groups is 1. The van der Waals surface area contributed by atoms with E-state index in [-0.39, 0.29) is 0 Å². The van der Waals surface area contributed by atoms with Crippen LogP contribution in [0.3, 0.4) is 0 Å². The monoisotopic (exact) mass is 399 g/mol. The topological polar surface area (TPSA) is 38.8 Å². The molecule has 3 aromatic rings. The van der Waals surface area contributed by atoms with E-state index in [4.69, 9.17) is 21.1 Å². The molecule has 1 aliphatic rings. The van der Waals surface area contributed by atoms with Gasteiger partial charge in [0.15, 0.2) is 0 Å². The standard InChI is InChI=1S/C21H18ClNO3S/c1-23(12-14-5-3-2-4-6-14)21(24)26-19-10-16-9-17(22)11-18(20(16)25-19)15-7-8-27-13-15/h2-9,11,13,19H,10,12H2,1H3. The van der Waals surface area contributed by atoms with Crippen molar-refractivity contribution >= 4 is 29.0 Å². The van der Waals surface area contributed by atoms with E-state index in [9.17, 15) is 4.79 Å². The van der Waals surface area contributed by atoms with Crippen LogP contribution in [0.2, 0.25) is 5.02 Å². The molecule has 4 rings (SSSR count). The Morgan fingerprint density at radius 1 is 1.30 bits per heavy atom. The first-order valence-electron chi connectivity index (χ1n) is 8.57. The van der Waals surface area contributed by atoms with E-state index in [2.05, 4.69) is 0 Å². The Hall–Kier alpha value is -2.50. The molecule has 27 heavy (non-hydrogen) atoms. The molecule has 138 valence electrons. The van der Waals surface area contributed by atoms with Crippen LogP contribution in [-0.2, 0) is 17.7 Å². The average molecular weight is 400 g/mol. The van der Waals surface area contributed by atoms with Crippen molar-refractivity contribution in [3.8, 4) is 16.9 Å². The van der Waals surface area contributed by atoms with Crippen molar-refractivity contribution in [2.75, 3.05) is 7.05 Å². The first-order chi connectivity index (χ1) is 13.1. The summed E-state index contributed by atoms with van der Waals surface area (Å²) in [7, 11) is 1.71. The van der Waals surface area contributed by atoms with Crippen LogP contribution in [0.5, 0.6) is 5.75 Å². The summed E-state index contributed by atoms with van der Waals surface area (Å²) in [5, 5.41) is 4.70. The quantitative estimate of drug-likeness (QED) is 0.573. The lowest BCUT2D eigenvalue weighted by Gasteiger charge is -2.20. The number of carbonyl (C=O) groups excluding carboxylic acids is 1. The van der Waals surface area contributed by atoms with Gasteiger partial charge in [0, 0.05) is 29.7 Å². The second-order valence-electron chi connectivity index (χ2n) is 6.43. The summed E-state index contributed by atoms with van der Waals surface area (Å²) in [5.41, 5.74) is 3.97. The van der Waals surface area contributed by atoms with Gasteiger partial charge in [0.2, 0.25) is 6.29 Å². The Kier molecular flexibility index (Phi) is 5.05. The molecule has 0 fully saturated rings. The van der Waals surface area contributed by atoms with Crippen LogP contribution in [-0.4, -0.2) is 24.3 Å². The van der Waals surface area contributed by atoms with Crippen LogP contribution in [0.25, 0.3) is 11.1 Å². The Balaban J connectivity index is 1.45. The highest BCUT2D eigenvalue weighted by molar-refractivity contribution is 7.08. The lowest BCUT2D eigenvalue weighted by molar-refractivity contribution is -0.0301. The molecule has 1 amide bonds. The second kappa shape index (κ2) is 7.62. The normalized spacial score (nSPS) is 15.1. The summed E-state index contributed by atoms with van der Waals surface area (Å²) in [4.78, 5) is 14.0. The first-order valence-corrected chi connectivity index (χ1v) is 9.89. The Labute approximate surface area is 166 Å². The maximum absolute atomic E-state index is 12.4. The number of nitrogens with zero attached hydrogens (tertiary/aromatic N) is 1. The molecule has 0 saturated carbocycles. The predicted octanol–water partition coefficient (Wildman–Crippen LogP) is 5.60. The highest BCUT2D eigenvalue weighted by atomic mass is 35.5. The minimum absolute atomic E-state index is 0.417. The molecule has 0 radical (unpaired) electrons. The molecule has 2 heterocycles. The van der Waals surface area contributed by atoms with E-state index in [0.717, 1.165) is 28.0 Å². The van der Waals surface area contributed by atoms with Crippen molar-refractivity contribution in [2.45, 2.75) is 19.3 Å². The fourth-order valence-electron chi connectivity index (χ4n) is 3.12. The second-order valence-corrected chi connectivity index (χ2v) is 7.65. The van der Waals surface area contributed by atoms with E-state index in [1.54, 1.807) is 18.4 Å². The van der Waals surface area contributed by atoms with Gasteiger partial charge < -0.3 is 14.4 Å². The molecular weight excluding hydrogens is 382 g/mol. The van der Waals surface area contributed by atoms with Crippen molar-refractivity contribution < 1.29 is 14.3 Å². The molecule has 1 atom stereocenters. The molecule has 0 bridgehead atoms. The molecule has 1 aliphatic heterocycles. The van der Waals surface area contributed by atoms with Gasteiger partial charge in [0.25, 0.3) is 0 Å². The third kappa shape index (κ3) is 3.94. The number of thiophene rings is 1. The van der Waals surface area contributed by atoms with Crippen LogP contribution in [0.4, 0.5) is 4.79 Å². The van der Waals surface area contributed by atoms with Gasteiger partial charge in [0.1, 0.15) is 5.75 Å². The maximum atomic E-state index is 12.4. The predicted molar refractivity (Wildman–Crippen MR) is 107 cm³/mol. The summed E-state index contributed by atoms with van der Waals surface area (Å²) in [6.07, 6.45) is -0.584. The van der Waals surface area contributed by atoms with Crippen LogP contribution in [0.15, 0.2) is 59.3 Å². The molecule has 2 aromatic carbocycles. The minimum Gasteiger partial charge on any atom is -0.453 e. The van der Waals surface area contributed by atoms with Crippen molar-refractivity contribution in [1.82, 2.24) is 4.90 Å². The molecule has 4 nitrogen and oxygen atoms in total. The Bertz CT molecular complexity index is 944. The molecule has 1 aromatic heterocycles. The fourth-order valence-corrected chi connectivity index (χ4v) is 4.01. The highest BCUT2D eigenvalue weighted by Crippen LogP contribution is 2.42. The van der Waals surface area contributed by atoms with E-state index in [0.29, 0.717) is 18.0 Å². The lowest BCUT2D eigenvalue weighted by Crippen LogP contribution is -2.32. The van der Waals surface area contributed by atoms with Gasteiger partial charge in [-0.2, -0.15) is 11.3 Å². The molecular formula is C21H18ClNO3S. The van der Waals surface area contributed by atoms with Crippen molar-refractivity contribution in [2.24, 2.45) is 0 Å². The van der Waals surface area contributed by atoms with Gasteiger partial charge >= 0.3 is 6.09 Å². The van der Waals surface area contributed by atoms with Crippen LogP contribution < -0.4 is 4.74 Å². The third-order valence-electron chi connectivity index (χ3n) is 4.41. The minimum atomic E-state index is -0.651. The Morgan fingerprint density at radius 3 is 2.85 bits per heavy atom. The number of ether oxygens (including phenoxy) is 2. The lowest BCUT2D eigenvalue weighted by atomic mass is 10.0. The average Bonchev–Trinajstić information content (AvgIpc) is 3.31.